The monoisotopic (exact) mass is 274 g/mol. The second-order valence-corrected chi connectivity index (χ2v) is 4.03. The lowest BCUT2D eigenvalue weighted by Crippen LogP contribution is -2.08. The van der Waals surface area contributed by atoms with Crippen molar-refractivity contribution in [2.45, 2.75) is 13.3 Å². The number of hydrogen-bond acceptors (Lipinski definition) is 5. The summed E-state index contributed by atoms with van der Waals surface area (Å²) in [5, 5.41) is 0. The number of esters is 2. The van der Waals surface area contributed by atoms with Gasteiger partial charge in [0.2, 0.25) is 5.76 Å². The van der Waals surface area contributed by atoms with Gasteiger partial charge in [0, 0.05) is 0 Å². The van der Waals surface area contributed by atoms with Gasteiger partial charge >= 0.3 is 11.9 Å². The van der Waals surface area contributed by atoms with Gasteiger partial charge in [0.25, 0.3) is 0 Å². The summed E-state index contributed by atoms with van der Waals surface area (Å²) in [6, 6.07) is 9.26. The molecule has 0 radical (unpaired) electrons. The number of carbonyl (C=O) groups is 2. The standard InChI is InChI=1S/C15H14O5/c1-2-9-19-14(16)11-5-7-12(8-6-11)20-15(17)13-4-3-10-18-13/h3-8,10H,2,9H2,1H3. The average Bonchev–Trinajstić information content (AvgIpc) is 3.00. The molecule has 5 heteroatoms. The molecule has 1 heterocycles. The normalized spacial score (nSPS) is 10.1. The first kappa shape index (κ1) is 13.9. The van der Waals surface area contributed by atoms with Crippen molar-refractivity contribution in [2.24, 2.45) is 0 Å². The Morgan fingerprint density at radius 1 is 1.10 bits per heavy atom. The minimum Gasteiger partial charge on any atom is -0.462 e. The first-order valence-corrected chi connectivity index (χ1v) is 6.23. The van der Waals surface area contributed by atoms with Crippen LogP contribution in [0.15, 0.2) is 47.1 Å². The van der Waals surface area contributed by atoms with Crippen molar-refractivity contribution < 1.29 is 23.5 Å². The number of furan rings is 1. The summed E-state index contributed by atoms with van der Waals surface area (Å²) in [7, 11) is 0. The van der Waals surface area contributed by atoms with E-state index in [-0.39, 0.29) is 5.76 Å². The van der Waals surface area contributed by atoms with Gasteiger partial charge in [-0.15, -0.1) is 0 Å². The van der Waals surface area contributed by atoms with Crippen LogP contribution in [0.25, 0.3) is 0 Å². The molecule has 104 valence electrons. The topological polar surface area (TPSA) is 65.7 Å². The van der Waals surface area contributed by atoms with Crippen molar-refractivity contribution in [2.75, 3.05) is 6.61 Å². The van der Waals surface area contributed by atoms with Gasteiger partial charge in [0.15, 0.2) is 0 Å². The van der Waals surface area contributed by atoms with E-state index in [1.165, 1.54) is 24.5 Å². The van der Waals surface area contributed by atoms with Crippen LogP contribution in [0.2, 0.25) is 0 Å². The van der Waals surface area contributed by atoms with Crippen LogP contribution >= 0.6 is 0 Å². The highest BCUT2D eigenvalue weighted by Gasteiger charge is 2.12. The largest absolute Gasteiger partial charge is 0.462 e. The fourth-order valence-electron chi connectivity index (χ4n) is 1.49. The molecule has 0 N–H and O–H groups in total. The van der Waals surface area contributed by atoms with Crippen LogP contribution in [0.1, 0.15) is 34.3 Å². The maximum absolute atomic E-state index is 11.6. The summed E-state index contributed by atoms with van der Waals surface area (Å²) in [6.45, 7) is 2.30. The van der Waals surface area contributed by atoms with Crippen molar-refractivity contribution in [1.82, 2.24) is 0 Å². The van der Waals surface area contributed by atoms with Gasteiger partial charge in [-0.1, -0.05) is 6.92 Å². The number of rotatable bonds is 5. The van der Waals surface area contributed by atoms with E-state index < -0.39 is 11.9 Å². The summed E-state index contributed by atoms with van der Waals surface area (Å²) in [6.07, 6.45) is 2.16. The lowest BCUT2D eigenvalue weighted by Gasteiger charge is -2.05. The molecule has 0 amide bonds. The Morgan fingerprint density at radius 2 is 1.85 bits per heavy atom. The van der Waals surface area contributed by atoms with Crippen molar-refractivity contribution in [3.8, 4) is 5.75 Å². The lowest BCUT2D eigenvalue weighted by molar-refractivity contribution is 0.0505. The molecule has 0 bridgehead atoms. The van der Waals surface area contributed by atoms with E-state index in [9.17, 15) is 9.59 Å². The van der Waals surface area contributed by atoms with Crippen molar-refractivity contribution >= 4 is 11.9 Å². The molecule has 0 aliphatic rings. The van der Waals surface area contributed by atoms with E-state index in [0.717, 1.165) is 6.42 Å². The van der Waals surface area contributed by atoms with Gasteiger partial charge in [-0.25, -0.2) is 9.59 Å². The molecule has 0 fully saturated rings. The number of ether oxygens (including phenoxy) is 2. The summed E-state index contributed by atoms with van der Waals surface area (Å²) in [5.74, 6) is -0.526. The molecule has 5 nitrogen and oxygen atoms in total. The average molecular weight is 274 g/mol. The molecule has 2 rings (SSSR count). The zero-order valence-corrected chi connectivity index (χ0v) is 11.0. The highest BCUT2D eigenvalue weighted by atomic mass is 16.5. The fourth-order valence-corrected chi connectivity index (χ4v) is 1.49. The second-order valence-electron chi connectivity index (χ2n) is 4.03. The molecule has 0 aliphatic carbocycles. The molecule has 1 aromatic heterocycles. The predicted octanol–water partition coefficient (Wildman–Crippen LogP) is 3.07. The molecule has 0 saturated carbocycles. The fraction of sp³-hybridized carbons (Fsp3) is 0.200. The van der Waals surface area contributed by atoms with Gasteiger partial charge in [-0.3, -0.25) is 0 Å². The minimum atomic E-state index is -0.587. The Balaban J connectivity index is 1.98. The Bertz CT molecular complexity index is 569. The zero-order valence-electron chi connectivity index (χ0n) is 11.0. The van der Waals surface area contributed by atoms with Crippen LogP contribution in [0.4, 0.5) is 0 Å². The van der Waals surface area contributed by atoms with Gasteiger partial charge in [0.1, 0.15) is 5.75 Å². The molecule has 0 unspecified atom stereocenters. The first-order valence-electron chi connectivity index (χ1n) is 6.23. The number of benzene rings is 1. The van der Waals surface area contributed by atoms with E-state index in [1.807, 2.05) is 6.92 Å². The minimum absolute atomic E-state index is 0.122. The van der Waals surface area contributed by atoms with E-state index in [2.05, 4.69) is 0 Å². The summed E-state index contributed by atoms with van der Waals surface area (Å²) < 4.78 is 15.0. The Hall–Kier alpha value is -2.56. The van der Waals surface area contributed by atoms with Crippen LogP contribution in [0.3, 0.4) is 0 Å². The van der Waals surface area contributed by atoms with Crippen LogP contribution in [0.5, 0.6) is 5.75 Å². The van der Waals surface area contributed by atoms with E-state index in [4.69, 9.17) is 13.9 Å². The number of carbonyl (C=O) groups excluding carboxylic acids is 2. The Labute approximate surface area is 116 Å². The molecule has 1 aromatic carbocycles. The maximum atomic E-state index is 11.6. The molecule has 20 heavy (non-hydrogen) atoms. The third kappa shape index (κ3) is 3.47. The molecule has 0 aliphatic heterocycles. The lowest BCUT2D eigenvalue weighted by atomic mass is 10.2. The zero-order chi connectivity index (χ0) is 14.4. The van der Waals surface area contributed by atoms with Crippen LogP contribution < -0.4 is 4.74 Å². The van der Waals surface area contributed by atoms with E-state index in [1.54, 1.807) is 18.2 Å². The van der Waals surface area contributed by atoms with Crippen LogP contribution in [0, 0.1) is 0 Å². The highest BCUT2D eigenvalue weighted by Crippen LogP contribution is 2.15. The maximum Gasteiger partial charge on any atom is 0.379 e. The van der Waals surface area contributed by atoms with Crippen LogP contribution in [-0.4, -0.2) is 18.5 Å². The second kappa shape index (κ2) is 6.56. The summed E-state index contributed by atoms with van der Waals surface area (Å²) >= 11 is 0. The highest BCUT2D eigenvalue weighted by molar-refractivity contribution is 5.90. The van der Waals surface area contributed by atoms with Crippen LogP contribution in [-0.2, 0) is 4.74 Å². The third-order valence-electron chi connectivity index (χ3n) is 2.46. The van der Waals surface area contributed by atoms with E-state index >= 15 is 0 Å². The predicted molar refractivity (Wildman–Crippen MR) is 70.7 cm³/mol. The van der Waals surface area contributed by atoms with Gasteiger partial charge in [-0.2, -0.15) is 0 Å². The SMILES string of the molecule is CCCOC(=O)c1ccc(OC(=O)c2ccco2)cc1. The van der Waals surface area contributed by atoms with Crippen molar-refractivity contribution in [1.29, 1.82) is 0 Å². The molecular formula is C15H14O5. The van der Waals surface area contributed by atoms with Gasteiger partial charge < -0.3 is 13.9 Å². The van der Waals surface area contributed by atoms with Crippen molar-refractivity contribution in [3.63, 3.8) is 0 Å². The smallest absolute Gasteiger partial charge is 0.379 e. The Kier molecular flexibility index (Phi) is 4.55. The quantitative estimate of drug-likeness (QED) is 0.619. The molecule has 0 atom stereocenters. The molecule has 0 spiro atoms. The van der Waals surface area contributed by atoms with Gasteiger partial charge in [-0.05, 0) is 42.8 Å². The molecule has 0 saturated heterocycles. The van der Waals surface area contributed by atoms with Gasteiger partial charge in [0.05, 0.1) is 18.4 Å². The van der Waals surface area contributed by atoms with E-state index in [0.29, 0.717) is 17.9 Å². The third-order valence-corrected chi connectivity index (χ3v) is 2.46. The van der Waals surface area contributed by atoms with Crippen molar-refractivity contribution in [3.05, 3.63) is 54.0 Å². The summed E-state index contributed by atoms with van der Waals surface area (Å²) in [5.41, 5.74) is 0.413. The summed E-state index contributed by atoms with van der Waals surface area (Å²) in [4.78, 5) is 23.2. The first-order chi connectivity index (χ1) is 9.70. The number of hydrogen-bond donors (Lipinski definition) is 0. The molecule has 2 aromatic rings. The molecular weight excluding hydrogens is 260 g/mol. The Morgan fingerprint density at radius 3 is 2.45 bits per heavy atom.